The molecule has 0 saturated carbocycles. The number of esters is 1. The Kier molecular flexibility index (Phi) is 5.68. The molecule has 0 heterocycles. The lowest BCUT2D eigenvalue weighted by molar-refractivity contribution is -0.150. The third kappa shape index (κ3) is 4.17. The van der Waals surface area contributed by atoms with Crippen molar-refractivity contribution < 1.29 is 19.5 Å². The molecule has 22 heavy (non-hydrogen) atoms. The minimum absolute atomic E-state index is 0.146. The molecule has 0 saturated heterocycles. The van der Waals surface area contributed by atoms with Gasteiger partial charge < -0.3 is 14.7 Å². The number of aliphatic hydroxyl groups excluding tert-OH is 1. The van der Waals surface area contributed by atoms with Crippen molar-refractivity contribution in [1.29, 1.82) is 0 Å². The molecule has 1 N–H and O–H groups in total. The van der Waals surface area contributed by atoms with Crippen LogP contribution in [0.2, 0.25) is 0 Å². The highest BCUT2D eigenvalue weighted by Crippen LogP contribution is 2.20. The molecule has 5 heteroatoms. The number of ether oxygens (including phenoxy) is 1. The first-order chi connectivity index (χ1) is 10.7. The molecule has 0 aliphatic carbocycles. The van der Waals surface area contributed by atoms with Gasteiger partial charge in [-0.25, -0.2) is 4.79 Å². The summed E-state index contributed by atoms with van der Waals surface area (Å²) in [7, 11) is 1.23. The molecule has 2 rings (SSSR count). The Hall–Kier alpha value is -2.66. The largest absolute Gasteiger partial charge is 0.467 e. The predicted molar refractivity (Wildman–Crippen MR) is 82.2 cm³/mol. The average Bonchev–Trinajstić information content (AvgIpc) is 2.58. The van der Waals surface area contributed by atoms with Crippen LogP contribution in [0.25, 0.3) is 0 Å². The summed E-state index contributed by atoms with van der Waals surface area (Å²) >= 11 is 0. The number of carbonyl (C=O) groups excluding carboxylic acids is 1. The molecule has 5 nitrogen and oxygen atoms in total. The number of aliphatic hydroxyl groups is 1. The third-order valence-corrected chi connectivity index (χ3v) is 3.07. The Labute approximate surface area is 128 Å². The zero-order chi connectivity index (χ0) is 15.8. The van der Waals surface area contributed by atoms with Crippen LogP contribution < -0.4 is 0 Å². The van der Waals surface area contributed by atoms with Gasteiger partial charge in [-0.05, 0) is 16.7 Å². The summed E-state index contributed by atoms with van der Waals surface area (Å²) < 4.78 is 4.55. The molecule has 0 fully saturated rings. The fourth-order valence-corrected chi connectivity index (χ4v) is 1.92. The van der Waals surface area contributed by atoms with Crippen LogP contribution in [-0.2, 0) is 21.0 Å². The van der Waals surface area contributed by atoms with Crippen LogP contribution >= 0.6 is 0 Å². The van der Waals surface area contributed by atoms with E-state index in [1.165, 1.54) is 7.11 Å². The molecule has 0 spiro atoms. The zero-order valence-corrected chi connectivity index (χ0v) is 12.2. The van der Waals surface area contributed by atoms with E-state index in [4.69, 9.17) is 4.84 Å². The summed E-state index contributed by atoms with van der Waals surface area (Å²) in [5.74, 6) is -0.708. The van der Waals surface area contributed by atoms with Gasteiger partial charge in [0.1, 0.15) is 6.61 Å². The van der Waals surface area contributed by atoms with Crippen molar-refractivity contribution in [2.45, 2.75) is 12.7 Å². The summed E-state index contributed by atoms with van der Waals surface area (Å²) in [5, 5.41) is 13.8. The van der Waals surface area contributed by atoms with E-state index in [2.05, 4.69) is 9.89 Å². The van der Waals surface area contributed by atoms with E-state index < -0.39 is 12.1 Å². The van der Waals surface area contributed by atoms with Gasteiger partial charge in [-0.1, -0.05) is 59.8 Å². The molecule has 2 aromatic rings. The molecule has 0 radical (unpaired) electrons. The van der Waals surface area contributed by atoms with E-state index in [-0.39, 0.29) is 6.61 Å². The molecule has 1 unspecified atom stereocenters. The number of hydrogen-bond donors (Lipinski definition) is 1. The summed E-state index contributed by atoms with van der Waals surface area (Å²) in [6.45, 7) is 0.146. The first-order valence-electron chi connectivity index (χ1n) is 6.76. The van der Waals surface area contributed by atoms with E-state index in [9.17, 15) is 9.90 Å². The highest BCUT2D eigenvalue weighted by atomic mass is 16.6. The summed E-state index contributed by atoms with van der Waals surface area (Å²) in [6.07, 6.45) is 0.266. The van der Waals surface area contributed by atoms with Crippen LogP contribution in [0.5, 0.6) is 0 Å². The van der Waals surface area contributed by atoms with Gasteiger partial charge in [-0.2, -0.15) is 0 Å². The number of nitrogens with zero attached hydrogens (tertiary/aromatic N) is 1. The molecule has 0 aliphatic heterocycles. The molecule has 0 amide bonds. The van der Waals surface area contributed by atoms with Gasteiger partial charge in [-0.3, -0.25) is 0 Å². The SMILES string of the molecule is COC(=O)C(O)c1ccccc1CO/N=C/c1ccccc1. The second kappa shape index (κ2) is 7.95. The normalized spacial score (nSPS) is 12.1. The average molecular weight is 299 g/mol. The Morgan fingerprint density at radius 3 is 2.59 bits per heavy atom. The molecule has 2 aromatic carbocycles. The van der Waals surface area contributed by atoms with Crippen LogP contribution in [0.15, 0.2) is 59.8 Å². The lowest BCUT2D eigenvalue weighted by Crippen LogP contribution is -2.15. The fourth-order valence-electron chi connectivity index (χ4n) is 1.92. The number of carbonyl (C=O) groups is 1. The smallest absolute Gasteiger partial charge is 0.339 e. The monoisotopic (exact) mass is 299 g/mol. The van der Waals surface area contributed by atoms with Crippen molar-refractivity contribution in [3.05, 3.63) is 71.3 Å². The van der Waals surface area contributed by atoms with Gasteiger partial charge in [-0.15, -0.1) is 0 Å². The molecule has 0 bridgehead atoms. The van der Waals surface area contributed by atoms with Crippen LogP contribution in [0.3, 0.4) is 0 Å². The Balaban J connectivity index is 2.01. The fraction of sp³-hybridized carbons (Fsp3) is 0.176. The van der Waals surface area contributed by atoms with Gasteiger partial charge in [0.15, 0.2) is 6.10 Å². The Morgan fingerprint density at radius 2 is 1.86 bits per heavy atom. The van der Waals surface area contributed by atoms with Crippen molar-refractivity contribution in [2.75, 3.05) is 7.11 Å². The molecule has 0 aromatic heterocycles. The quantitative estimate of drug-likeness (QED) is 0.505. The highest BCUT2D eigenvalue weighted by Gasteiger charge is 2.20. The van der Waals surface area contributed by atoms with Crippen LogP contribution in [0.4, 0.5) is 0 Å². The lowest BCUT2D eigenvalue weighted by atomic mass is 10.0. The Morgan fingerprint density at radius 1 is 1.18 bits per heavy atom. The maximum atomic E-state index is 11.4. The number of benzene rings is 2. The van der Waals surface area contributed by atoms with Crippen LogP contribution in [0, 0.1) is 0 Å². The van der Waals surface area contributed by atoms with Gasteiger partial charge in [0.05, 0.1) is 13.3 Å². The zero-order valence-electron chi connectivity index (χ0n) is 12.2. The summed E-state index contributed by atoms with van der Waals surface area (Å²) in [4.78, 5) is 16.7. The second-order valence-corrected chi connectivity index (χ2v) is 4.54. The van der Waals surface area contributed by atoms with Crippen molar-refractivity contribution >= 4 is 12.2 Å². The lowest BCUT2D eigenvalue weighted by Gasteiger charge is -2.12. The number of methoxy groups -OCH3 is 1. The minimum atomic E-state index is -1.33. The van der Waals surface area contributed by atoms with E-state index >= 15 is 0 Å². The van der Waals surface area contributed by atoms with Gasteiger partial charge in [0.25, 0.3) is 0 Å². The first-order valence-corrected chi connectivity index (χ1v) is 6.76. The van der Waals surface area contributed by atoms with Crippen molar-refractivity contribution in [3.8, 4) is 0 Å². The van der Waals surface area contributed by atoms with Crippen LogP contribution in [-0.4, -0.2) is 24.4 Å². The number of oxime groups is 1. The molecular weight excluding hydrogens is 282 g/mol. The standard InChI is InChI=1S/C17H17NO4/c1-21-17(20)16(19)15-10-6-5-9-14(15)12-22-18-11-13-7-3-2-4-8-13/h2-11,16,19H,12H2,1H3/b18-11+. The van der Waals surface area contributed by atoms with E-state index in [1.54, 1.807) is 30.5 Å². The van der Waals surface area contributed by atoms with Crippen LogP contribution in [0.1, 0.15) is 22.8 Å². The van der Waals surface area contributed by atoms with Gasteiger partial charge in [0, 0.05) is 0 Å². The number of rotatable bonds is 6. The van der Waals surface area contributed by atoms with Crippen molar-refractivity contribution in [1.82, 2.24) is 0 Å². The first kappa shape index (κ1) is 15.7. The minimum Gasteiger partial charge on any atom is -0.467 e. The second-order valence-electron chi connectivity index (χ2n) is 4.54. The van der Waals surface area contributed by atoms with Gasteiger partial charge >= 0.3 is 5.97 Å². The molecule has 114 valence electrons. The maximum absolute atomic E-state index is 11.4. The van der Waals surface area contributed by atoms with E-state index in [0.29, 0.717) is 11.1 Å². The molecular formula is C17H17NO4. The maximum Gasteiger partial charge on any atom is 0.339 e. The highest BCUT2D eigenvalue weighted by molar-refractivity contribution is 5.78. The van der Waals surface area contributed by atoms with E-state index in [1.807, 2.05) is 30.3 Å². The molecule has 1 atom stereocenters. The third-order valence-electron chi connectivity index (χ3n) is 3.07. The Bertz CT molecular complexity index is 640. The topological polar surface area (TPSA) is 68.1 Å². The van der Waals surface area contributed by atoms with E-state index in [0.717, 1.165) is 5.56 Å². The number of hydrogen-bond acceptors (Lipinski definition) is 5. The van der Waals surface area contributed by atoms with Gasteiger partial charge in [0.2, 0.25) is 0 Å². The van der Waals surface area contributed by atoms with Crippen molar-refractivity contribution in [3.63, 3.8) is 0 Å². The summed E-state index contributed by atoms with van der Waals surface area (Å²) in [5.41, 5.74) is 2.04. The molecule has 0 aliphatic rings. The predicted octanol–water partition coefficient (Wildman–Crippen LogP) is 2.44. The summed E-state index contributed by atoms with van der Waals surface area (Å²) in [6, 6.07) is 16.5. The van der Waals surface area contributed by atoms with Crippen molar-refractivity contribution in [2.24, 2.45) is 5.16 Å².